The predicted molar refractivity (Wildman–Crippen MR) is 51.6 cm³/mol. The Labute approximate surface area is 78.1 Å². The van der Waals surface area contributed by atoms with Crippen LogP contribution in [0.1, 0.15) is 12.1 Å². The Morgan fingerprint density at radius 1 is 1.38 bits per heavy atom. The van der Waals surface area contributed by atoms with E-state index in [4.69, 9.17) is 0 Å². The first-order valence-corrected chi connectivity index (χ1v) is 5.02. The van der Waals surface area contributed by atoms with Gasteiger partial charge in [-0.1, -0.05) is 0 Å². The summed E-state index contributed by atoms with van der Waals surface area (Å²) >= 11 is 0. The summed E-state index contributed by atoms with van der Waals surface area (Å²) in [6, 6.07) is 4.40. The summed E-state index contributed by atoms with van der Waals surface area (Å²) < 4.78 is 2.38. The summed E-state index contributed by atoms with van der Waals surface area (Å²) in [7, 11) is 0. The number of nitrogens with zero attached hydrogens (tertiary/aromatic N) is 1. The largest absolute Gasteiger partial charge is 0.348 e. The standard InChI is InChI=1S/C10H15N3/c1-2-9-10(3-4-11-8-10)12-5-7-13(9)6-1/h1-2,6,11-12H,3-5,7-8H2. The third kappa shape index (κ3) is 0.974. The molecule has 70 valence electrons. The van der Waals surface area contributed by atoms with E-state index in [9.17, 15) is 0 Å². The zero-order chi connectivity index (χ0) is 8.73. The van der Waals surface area contributed by atoms with E-state index in [-0.39, 0.29) is 5.54 Å². The Hall–Kier alpha value is -0.800. The molecule has 13 heavy (non-hydrogen) atoms. The van der Waals surface area contributed by atoms with Gasteiger partial charge in [-0.25, -0.2) is 0 Å². The summed E-state index contributed by atoms with van der Waals surface area (Å²) in [6.07, 6.45) is 3.41. The van der Waals surface area contributed by atoms with Crippen molar-refractivity contribution in [1.82, 2.24) is 15.2 Å². The Kier molecular flexibility index (Phi) is 1.51. The van der Waals surface area contributed by atoms with Crippen LogP contribution in [0.5, 0.6) is 0 Å². The lowest BCUT2D eigenvalue weighted by molar-refractivity contribution is 0.298. The van der Waals surface area contributed by atoms with Crippen LogP contribution in [0.4, 0.5) is 0 Å². The topological polar surface area (TPSA) is 29.0 Å². The van der Waals surface area contributed by atoms with Gasteiger partial charge in [0.25, 0.3) is 0 Å². The lowest BCUT2D eigenvalue weighted by atomic mass is 9.92. The molecular formula is C10H15N3. The van der Waals surface area contributed by atoms with Crippen molar-refractivity contribution in [3.63, 3.8) is 0 Å². The molecule has 2 N–H and O–H groups in total. The highest BCUT2D eigenvalue weighted by atomic mass is 15.2. The quantitative estimate of drug-likeness (QED) is 0.596. The van der Waals surface area contributed by atoms with Gasteiger partial charge in [0.1, 0.15) is 0 Å². The molecule has 1 saturated heterocycles. The van der Waals surface area contributed by atoms with Crippen molar-refractivity contribution in [3.8, 4) is 0 Å². The molecule has 1 unspecified atom stereocenters. The first kappa shape index (κ1) is 7.59. The second-order valence-corrected chi connectivity index (χ2v) is 4.02. The minimum atomic E-state index is 0.238. The SMILES string of the molecule is c1cc2n(c1)CCNC21CCNC1. The van der Waals surface area contributed by atoms with E-state index in [1.807, 2.05) is 0 Å². The van der Waals surface area contributed by atoms with Crippen molar-refractivity contribution >= 4 is 0 Å². The predicted octanol–water partition coefficient (Wildman–Crippen LogP) is 0.280. The van der Waals surface area contributed by atoms with Crippen molar-refractivity contribution in [2.24, 2.45) is 0 Å². The molecule has 0 aromatic carbocycles. The molecule has 2 aliphatic rings. The Morgan fingerprint density at radius 3 is 3.23 bits per heavy atom. The maximum Gasteiger partial charge on any atom is 0.0727 e. The van der Waals surface area contributed by atoms with Gasteiger partial charge in [-0.05, 0) is 25.1 Å². The van der Waals surface area contributed by atoms with E-state index in [1.54, 1.807) is 0 Å². The average Bonchev–Trinajstić information content (AvgIpc) is 2.74. The molecule has 3 heterocycles. The molecule has 3 rings (SSSR count). The maximum atomic E-state index is 3.65. The second kappa shape index (κ2) is 2.59. The van der Waals surface area contributed by atoms with E-state index in [1.165, 1.54) is 12.1 Å². The first-order valence-electron chi connectivity index (χ1n) is 5.02. The van der Waals surface area contributed by atoms with Crippen LogP contribution in [-0.4, -0.2) is 24.2 Å². The van der Waals surface area contributed by atoms with Crippen molar-refractivity contribution < 1.29 is 0 Å². The van der Waals surface area contributed by atoms with Gasteiger partial charge in [0.05, 0.1) is 5.54 Å². The number of nitrogens with one attached hydrogen (secondary N) is 2. The number of fused-ring (bicyclic) bond motifs is 2. The monoisotopic (exact) mass is 177 g/mol. The molecule has 3 heteroatoms. The van der Waals surface area contributed by atoms with Gasteiger partial charge in [0, 0.05) is 31.5 Å². The van der Waals surface area contributed by atoms with Gasteiger partial charge in [0.15, 0.2) is 0 Å². The smallest absolute Gasteiger partial charge is 0.0727 e. The molecule has 0 saturated carbocycles. The van der Waals surface area contributed by atoms with Crippen LogP contribution in [0.2, 0.25) is 0 Å². The number of hydrogen-bond acceptors (Lipinski definition) is 2. The Bertz CT molecular complexity index is 310. The number of rotatable bonds is 0. The van der Waals surface area contributed by atoms with E-state index >= 15 is 0 Å². The molecule has 1 aromatic heterocycles. The zero-order valence-corrected chi connectivity index (χ0v) is 7.71. The Balaban J connectivity index is 2.08. The third-order valence-corrected chi connectivity index (χ3v) is 3.29. The van der Waals surface area contributed by atoms with E-state index < -0.39 is 0 Å². The molecule has 2 aliphatic heterocycles. The molecule has 0 aliphatic carbocycles. The minimum absolute atomic E-state index is 0.238. The van der Waals surface area contributed by atoms with E-state index in [0.717, 1.165) is 26.2 Å². The summed E-state index contributed by atoms with van der Waals surface area (Å²) in [4.78, 5) is 0. The van der Waals surface area contributed by atoms with Crippen LogP contribution in [-0.2, 0) is 12.1 Å². The highest BCUT2D eigenvalue weighted by molar-refractivity contribution is 5.23. The fourth-order valence-electron chi connectivity index (χ4n) is 2.61. The van der Waals surface area contributed by atoms with Crippen LogP contribution in [0, 0.1) is 0 Å². The summed E-state index contributed by atoms with van der Waals surface area (Å²) in [5.74, 6) is 0. The number of aromatic nitrogens is 1. The maximum absolute atomic E-state index is 3.65. The molecule has 1 fully saturated rings. The average molecular weight is 177 g/mol. The molecule has 1 atom stereocenters. The molecule has 0 radical (unpaired) electrons. The highest BCUT2D eigenvalue weighted by Gasteiger charge is 2.38. The van der Waals surface area contributed by atoms with Crippen molar-refractivity contribution in [1.29, 1.82) is 0 Å². The van der Waals surface area contributed by atoms with Gasteiger partial charge >= 0.3 is 0 Å². The molecule has 0 amide bonds. The van der Waals surface area contributed by atoms with Crippen LogP contribution in [0.25, 0.3) is 0 Å². The first-order chi connectivity index (χ1) is 6.41. The minimum Gasteiger partial charge on any atom is -0.348 e. The van der Waals surface area contributed by atoms with Crippen molar-refractivity contribution in [3.05, 3.63) is 24.0 Å². The van der Waals surface area contributed by atoms with E-state index in [0.29, 0.717) is 0 Å². The molecular weight excluding hydrogens is 162 g/mol. The Morgan fingerprint density at radius 2 is 2.38 bits per heavy atom. The zero-order valence-electron chi connectivity index (χ0n) is 7.71. The summed E-state index contributed by atoms with van der Waals surface area (Å²) in [5, 5.41) is 7.09. The normalized spacial score (nSPS) is 32.3. The van der Waals surface area contributed by atoms with E-state index in [2.05, 4.69) is 33.5 Å². The lowest BCUT2D eigenvalue weighted by Gasteiger charge is -2.35. The van der Waals surface area contributed by atoms with Gasteiger partial charge in [-0.3, -0.25) is 0 Å². The second-order valence-electron chi connectivity index (χ2n) is 4.02. The lowest BCUT2D eigenvalue weighted by Crippen LogP contribution is -2.50. The molecule has 3 nitrogen and oxygen atoms in total. The van der Waals surface area contributed by atoms with Crippen molar-refractivity contribution in [2.45, 2.75) is 18.5 Å². The summed E-state index contributed by atoms with van der Waals surface area (Å²) in [5.41, 5.74) is 1.70. The van der Waals surface area contributed by atoms with Gasteiger partial charge < -0.3 is 15.2 Å². The molecule has 1 aromatic rings. The number of hydrogen-bond donors (Lipinski definition) is 2. The van der Waals surface area contributed by atoms with Crippen LogP contribution in [0.3, 0.4) is 0 Å². The fraction of sp³-hybridized carbons (Fsp3) is 0.600. The van der Waals surface area contributed by atoms with Gasteiger partial charge in [-0.15, -0.1) is 0 Å². The van der Waals surface area contributed by atoms with Crippen LogP contribution in [0.15, 0.2) is 18.3 Å². The van der Waals surface area contributed by atoms with Crippen LogP contribution < -0.4 is 10.6 Å². The third-order valence-electron chi connectivity index (χ3n) is 3.29. The van der Waals surface area contributed by atoms with Gasteiger partial charge in [0.2, 0.25) is 0 Å². The highest BCUT2D eigenvalue weighted by Crippen LogP contribution is 2.30. The summed E-state index contributed by atoms with van der Waals surface area (Å²) in [6.45, 7) is 4.43. The van der Waals surface area contributed by atoms with Crippen LogP contribution >= 0.6 is 0 Å². The van der Waals surface area contributed by atoms with Crippen molar-refractivity contribution in [2.75, 3.05) is 19.6 Å². The molecule has 0 bridgehead atoms. The van der Waals surface area contributed by atoms with Gasteiger partial charge in [-0.2, -0.15) is 0 Å². The molecule has 1 spiro atoms. The fourth-order valence-corrected chi connectivity index (χ4v) is 2.61.